The van der Waals surface area contributed by atoms with Crippen LogP contribution in [0.25, 0.3) is 0 Å². The van der Waals surface area contributed by atoms with Crippen LogP contribution in [0.4, 0.5) is 5.69 Å². The zero-order valence-electron chi connectivity index (χ0n) is 15.9. The summed E-state index contributed by atoms with van der Waals surface area (Å²) in [6, 6.07) is 14.5. The summed E-state index contributed by atoms with van der Waals surface area (Å²) < 4.78 is 5.28. The molecule has 0 unspecified atom stereocenters. The van der Waals surface area contributed by atoms with E-state index < -0.39 is 29.9 Å². The van der Waals surface area contributed by atoms with Gasteiger partial charge in [-0.15, -0.1) is 0 Å². The molecule has 7 heteroatoms. The Balaban J connectivity index is 2.01. The van der Waals surface area contributed by atoms with E-state index in [2.05, 4.69) is 10.6 Å². The van der Waals surface area contributed by atoms with E-state index in [1.54, 1.807) is 62.4 Å². The summed E-state index contributed by atoms with van der Waals surface area (Å²) in [4.78, 5) is 37.3. The average Bonchev–Trinajstić information content (AvgIpc) is 2.66. The Morgan fingerprint density at radius 2 is 1.54 bits per heavy atom. The van der Waals surface area contributed by atoms with Gasteiger partial charge in [0.25, 0.3) is 11.8 Å². The summed E-state index contributed by atoms with van der Waals surface area (Å²) in [5, 5.41) is 5.59. The van der Waals surface area contributed by atoms with Crippen LogP contribution in [0.5, 0.6) is 0 Å². The maximum atomic E-state index is 12.6. The number of benzene rings is 2. The number of rotatable bonds is 7. The molecular weight excluding hydrogens is 380 g/mol. The second kappa shape index (κ2) is 9.90. The molecule has 0 saturated carbocycles. The molecule has 2 rings (SSSR count). The van der Waals surface area contributed by atoms with E-state index in [4.69, 9.17) is 16.3 Å². The molecule has 0 saturated heterocycles. The van der Waals surface area contributed by atoms with Crippen LogP contribution in [0.2, 0.25) is 5.02 Å². The molecule has 2 N–H and O–H groups in total. The second-order valence-electron chi connectivity index (χ2n) is 6.61. The topological polar surface area (TPSA) is 84.5 Å². The van der Waals surface area contributed by atoms with Crippen molar-refractivity contribution in [2.24, 2.45) is 5.92 Å². The van der Waals surface area contributed by atoms with Crippen molar-refractivity contribution in [3.8, 4) is 0 Å². The van der Waals surface area contributed by atoms with Gasteiger partial charge in [-0.25, -0.2) is 4.79 Å². The average molecular weight is 403 g/mol. The van der Waals surface area contributed by atoms with Gasteiger partial charge in [0.15, 0.2) is 6.10 Å². The van der Waals surface area contributed by atoms with Gasteiger partial charge in [-0.1, -0.05) is 55.8 Å². The molecule has 0 bridgehead atoms. The maximum Gasteiger partial charge on any atom is 0.329 e. The van der Waals surface area contributed by atoms with Gasteiger partial charge in [-0.05, 0) is 37.1 Å². The Kier molecular flexibility index (Phi) is 7.58. The number of ether oxygens (including phenoxy) is 1. The number of hydrogen-bond acceptors (Lipinski definition) is 4. The molecule has 2 amide bonds. The van der Waals surface area contributed by atoms with Crippen molar-refractivity contribution in [1.82, 2.24) is 5.32 Å². The van der Waals surface area contributed by atoms with Gasteiger partial charge < -0.3 is 15.4 Å². The van der Waals surface area contributed by atoms with Crippen LogP contribution >= 0.6 is 11.6 Å². The number of hydrogen-bond donors (Lipinski definition) is 2. The highest BCUT2D eigenvalue weighted by atomic mass is 35.5. The van der Waals surface area contributed by atoms with Crippen LogP contribution in [-0.4, -0.2) is 29.9 Å². The highest BCUT2D eigenvalue weighted by Crippen LogP contribution is 2.16. The number of esters is 1. The number of carbonyl (C=O) groups is 3. The fourth-order valence-corrected chi connectivity index (χ4v) is 2.65. The fraction of sp³-hybridized carbons (Fsp3) is 0.286. The highest BCUT2D eigenvalue weighted by Gasteiger charge is 2.29. The molecule has 0 aliphatic carbocycles. The van der Waals surface area contributed by atoms with Gasteiger partial charge in [0.1, 0.15) is 6.04 Å². The van der Waals surface area contributed by atoms with E-state index in [0.29, 0.717) is 5.69 Å². The lowest BCUT2D eigenvalue weighted by Gasteiger charge is -2.23. The number of amides is 2. The van der Waals surface area contributed by atoms with Crippen molar-refractivity contribution < 1.29 is 19.1 Å². The third-order valence-corrected chi connectivity index (χ3v) is 4.36. The zero-order valence-corrected chi connectivity index (χ0v) is 16.7. The van der Waals surface area contributed by atoms with E-state index in [-0.39, 0.29) is 16.5 Å². The number of anilines is 1. The van der Waals surface area contributed by atoms with Crippen LogP contribution in [0.1, 0.15) is 31.1 Å². The number of carbonyl (C=O) groups excluding carboxylic acids is 3. The molecule has 2 atom stereocenters. The van der Waals surface area contributed by atoms with Crippen LogP contribution in [-0.2, 0) is 14.3 Å². The molecule has 2 aromatic carbocycles. The molecule has 28 heavy (non-hydrogen) atoms. The van der Waals surface area contributed by atoms with Crippen LogP contribution < -0.4 is 10.6 Å². The first kappa shape index (κ1) is 21.4. The van der Waals surface area contributed by atoms with Crippen LogP contribution in [0.3, 0.4) is 0 Å². The third-order valence-electron chi connectivity index (χ3n) is 4.03. The van der Waals surface area contributed by atoms with Crippen molar-refractivity contribution in [3.63, 3.8) is 0 Å². The maximum absolute atomic E-state index is 12.6. The number of para-hydroxylation sites is 1. The first-order valence-electron chi connectivity index (χ1n) is 8.91. The van der Waals surface area contributed by atoms with Crippen molar-refractivity contribution in [1.29, 1.82) is 0 Å². The minimum atomic E-state index is -1.02. The Morgan fingerprint density at radius 3 is 2.14 bits per heavy atom. The van der Waals surface area contributed by atoms with E-state index >= 15 is 0 Å². The Bertz CT molecular complexity index is 839. The molecular formula is C21H23ClN2O4. The van der Waals surface area contributed by atoms with Gasteiger partial charge >= 0.3 is 5.97 Å². The van der Waals surface area contributed by atoms with E-state index in [1.165, 1.54) is 6.92 Å². The Hall–Kier alpha value is -2.86. The summed E-state index contributed by atoms with van der Waals surface area (Å²) in [5.41, 5.74) is 0.861. The smallest absolute Gasteiger partial charge is 0.329 e. The quantitative estimate of drug-likeness (QED) is 0.692. The van der Waals surface area contributed by atoms with E-state index in [9.17, 15) is 14.4 Å². The number of halogens is 1. The predicted molar refractivity (Wildman–Crippen MR) is 108 cm³/mol. The SMILES string of the molecule is CC(C)[C@H](NC(=O)c1ccccc1Cl)C(=O)O[C@H](C)C(=O)Nc1ccccc1. The molecule has 148 valence electrons. The third kappa shape index (κ3) is 5.82. The molecule has 0 fully saturated rings. The first-order chi connectivity index (χ1) is 13.3. The summed E-state index contributed by atoms with van der Waals surface area (Å²) in [5.74, 6) is -1.88. The molecule has 0 radical (unpaired) electrons. The van der Waals surface area contributed by atoms with Gasteiger partial charge in [-0.3, -0.25) is 9.59 Å². The van der Waals surface area contributed by atoms with Crippen molar-refractivity contribution >= 4 is 35.1 Å². The molecule has 0 aliphatic heterocycles. The molecule has 0 aliphatic rings. The van der Waals surface area contributed by atoms with Gasteiger partial charge in [0.2, 0.25) is 0 Å². The largest absolute Gasteiger partial charge is 0.451 e. The standard InChI is InChI=1S/C21H23ClN2O4/c1-13(2)18(24-20(26)16-11-7-8-12-17(16)22)21(27)28-14(3)19(25)23-15-9-5-4-6-10-15/h4-14,18H,1-3H3,(H,23,25)(H,24,26)/t14-,18+/m1/s1. The predicted octanol–water partition coefficient (Wildman–Crippen LogP) is 3.66. The van der Waals surface area contributed by atoms with Gasteiger partial charge in [0, 0.05) is 5.69 Å². The fourth-order valence-electron chi connectivity index (χ4n) is 2.43. The molecule has 2 aromatic rings. The normalized spacial score (nSPS) is 12.8. The molecule has 0 heterocycles. The Morgan fingerprint density at radius 1 is 0.929 bits per heavy atom. The summed E-state index contributed by atoms with van der Waals surface area (Å²) in [7, 11) is 0. The summed E-state index contributed by atoms with van der Waals surface area (Å²) in [6.07, 6.45) is -1.02. The number of nitrogens with one attached hydrogen (secondary N) is 2. The van der Waals surface area contributed by atoms with Crippen LogP contribution in [0, 0.1) is 5.92 Å². The van der Waals surface area contributed by atoms with Crippen molar-refractivity contribution in [2.45, 2.75) is 32.9 Å². The second-order valence-corrected chi connectivity index (χ2v) is 7.02. The van der Waals surface area contributed by atoms with E-state index in [0.717, 1.165) is 0 Å². The van der Waals surface area contributed by atoms with Crippen molar-refractivity contribution in [2.75, 3.05) is 5.32 Å². The highest BCUT2D eigenvalue weighted by molar-refractivity contribution is 6.33. The van der Waals surface area contributed by atoms with Crippen molar-refractivity contribution in [3.05, 3.63) is 65.2 Å². The monoisotopic (exact) mass is 402 g/mol. The van der Waals surface area contributed by atoms with Crippen LogP contribution in [0.15, 0.2) is 54.6 Å². The first-order valence-corrected chi connectivity index (χ1v) is 9.29. The molecule has 0 aromatic heterocycles. The van der Waals surface area contributed by atoms with Gasteiger partial charge in [-0.2, -0.15) is 0 Å². The van der Waals surface area contributed by atoms with E-state index in [1.807, 2.05) is 6.07 Å². The minimum absolute atomic E-state index is 0.247. The lowest BCUT2D eigenvalue weighted by molar-refractivity contribution is -0.156. The lowest BCUT2D eigenvalue weighted by atomic mass is 10.0. The zero-order chi connectivity index (χ0) is 20.7. The molecule has 6 nitrogen and oxygen atoms in total. The minimum Gasteiger partial charge on any atom is -0.451 e. The molecule has 0 spiro atoms. The summed E-state index contributed by atoms with van der Waals surface area (Å²) >= 11 is 6.03. The summed E-state index contributed by atoms with van der Waals surface area (Å²) in [6.45, 7) is 5.02. The lowest BCUT2D eigenvalue weighted by Crippen LogP contribution is -2.47. The van der Waals surface area contributed by atoms with Gasteiger partial charge in [0.05, 0.1) is 10.6 Å². The Labute approximate surface area is 169 Å².